The molecule has 2 heterocycles. The van der Waals surface area contributed by atoms with Crippen LogP contribution in [0.5, 0.6) is 0 Å². The molecule has 0 saturated heterocycles. The van der Waals surface area contributed by atoms with Crippen LogP contribution in [-0.2, 0) is 17.8 Å². The summed E-state index contributed by atoms with van der Waals surface area (Å²) in [6, 6.07) is 7.57. The Morgan fingerprint density at radius 1 is 1.40 bits per heavy atom. The normalized spacial score (nSPS) is 13.5. The average molecular weight is 269 g/mol. The minimum Gasteiger partial charge on any atom is -0.388 e. The number of benzene rings is 1. The molecular weight excluding hydrogens is 254 g/mol. The molecule has 3 rings (SSSR count). The summed E-state index contributed by atoms with van der Waals surface area (Å²) in [6.45, 7) is 0.251. The molecule has 0 fully saturated rings. The maximum atomic E-state index is 12.2. The third-order valence-corrected chi connectivity index (χ3v) is 3.30. The van der Waals surface area contributed by atoms with Crippen LogP contribution < -0.4 is 16.0 Å². The van der Waals surface area contributed by atoms with E-state index in [0.29, 0.717) is 18.1 Å². The van der Waals surface area contributed by atoms with E-state index in [2.05, 4.69) is 15.3 Å². The van der Waals surface area contributed by atoms with Crippen LogP contribution in [0.1, 0.15) is 11.4 Å². The Balaban J connectivity index is 2.05. The van der Waals surface area contributed by atoms with Crippen molar-refractivity contribution in [1.29, 1.82) is 0 Å². The Kier molecular flexibility index (Phi) is 3.08. The molecule has 3 N–H and O–H groups in total. The van der Waals surface area contributed by atoms with E-state index < -0.39 is 0 Å². The smallest absolute Gasteiger partial charge is 0.237 e. The van der Waals surface area contributed by atoms with E-state index in [1.54, 1.807) is 17.2 Å². The summed E-state index contributed by atoms with van der Waals surface area (Å²) < 4.78 is 0. The number of carbonyl (C=O) groups is 1. The summed E-state index contributed by atoms with van der Waals surface area (Å²) in [6.07, 6.45) is 2.00. The third kappa shape index (κ3) is 2.00. The van der Waals surface area contributed by atoms with Crippen molar-refractivity contribution in [2.24, 2.45) is 5.73 Å². The van der Waals surface area contributed by atoms with Gasteiger partial charge < -0.3 is 11.1 Å². The molecule has 0 unspecified atom stereocenters. The molecule has 0 spiro atoms. The number of amides is 1. The second-order valence-corrected chi connectivity index (χ2v) is 4.53. The van der Waals surface area contributed by atoms with Gasteiger partial charge in [0.1, 0.15) is 11.6 Å². The Labute approximate surface area is 116 Å². The highest BCUT2D eigenvalue weighted by Gasteiger charge is 2.29. The first kappa shape index (κ1) is 12.6. The Hall–Kier alpha value is -2.47. The van der Waals surface area contributed by atoms with Gasteiger partial charge in [-0.25, -0.2) is 9.97 Å². The number of hydrogen-bond acceptors (Lipinski definition) is 5. The van der Waals surface area contributed by atoms with Crippen LogP contribution in [0.15, 0.2) is 30.5 Å². The van der Waals surface area contributed by atoms with Gasteiger partial charge in [0.05, 0.1) is 18.7 Å². The average Bonchev–Trinajstić information content (AvgIpc) is 2.82. The quantitative estimate of drug-likeness (QED) is 0.874. The minimum atomic E-state index is 0.00919. The molecule has 6 heteroatoms. The first-order valence-electron chi connectivity index (χ1n) is 6.38. The minimum absolute atomic E-state index is 0.00919. The van der Waals surface area contributed by atoms with E-state index in [4.69, 9.17) is 5.73 Å². The fourth-order valence-electron chi connectivity index (χ4n) is 2.34. The van der Waals surface area contributed by atoms with E-state index in [1.807, 2.05) is 25.2 Å². The van der Waals surface area contributed by atoms with Gasteiger partial charge in [-0.05, 0) is 29.8 Å². The highest BCUT2D eigenvalue weighted by Crippen LogP contribution is 2.35. The zero-order chi connectivity index (χ0) is 14.1. The lowest BCUT2D eigenvalue weighted by molar-refractivity contribution is -0.116. The van der Waals surface area contributed by atoms with Crippen molar-refractivity contribution in [2.75, 3.05) is 17.3 Å². The van der Waals surface area contributed by atoms with E-state index >= 15 is 0 Å². The Bertz CT molecular complexity index is 670. The fourth-order valence-corrected chi connectivity index (χ4v) is 2.34. The maximum absolute atomic E-state index is 12.2. The number of fused-ring (bicyclic) bond motifs is 1. The molecule has 0 bridgehead atoms. The molecule has 1 aromatic heterocycles. The van der Waals surface area contributed by atoms with Crippen LogP contribution in [0.3, 0.4) is 0 Å². The first-order valence-corrected chi connectivity index (χ1v) is 6.38. The van der Waals surface area contributed by atoms with Crippen molar-refractivity contribution >= 4 is 23.1 Å². The lowest BCUT2D eigenvalue weighted by Gasteiger charge is -2.17. The van der Waals surface area contributed by atoms with Gasteiger partial charge in [0, 0.05) is 18.9 Å². The largest absolute Gasteiger partial charge is 0.388 e. The highest BCUT2D eigenvalue weighted by molar-refractivity contribution is 6.06. The third-order valence-electron chi connectivity index (χ3n) is 3.30. The summed E-state index contributed by atoms with van der Waals surface area (Å²) in [5.74, 6) is 1.10. The molecule has 6 nitrogen and oxygen atoms in total. The van der Waals surface area contributed by atoms with Gasteiger partial charge in [-0.15, -0.1) is 0 Å². The van der Waals surface area contributed by atoms with Gasteiger partial charge in [0.2, 0.25) is 5.91 Å². The monoisotopic (exact) mass is 269 g/mol. The standard InChI is InChI=1S/C14H15N5O/c1-16-10-2-3-11-9(6-10)7-14(20)19(11)13-4-5-17-12(8-15)18-13/h2-6,16H,7-8,15H2,1H3. The number of nitrogens with zero attached hydrogens (tertiary/aromatic N) is 3. The van der Waals surface area contributed by atoms with Gasteiger partial charge in [-0.1, -0.05) is 0 Å². The highest BCUT2D eigenvalue weighted by atomic mass is 16.2. The van der Waals surface area contributed by atoms with Gasteiger partial charge in [-0.3, -0.25) is 9.69 Å². The van der Waals surface area contributed by atoms with Gasteiger partial charge in [0.25, 0.3) is 0 Å². The predicted octanol–water partition coefficient (Wildman–Crippen LogP) is 1.20. The number of hydrogen-bond donors (Lipinski definition) is 2. The van der Waals surface area contributed by atoms with Crippen LogP contribution in [0.25, 0.3) is 0 Å². The Morgan fingerprint density at radius 2 is 2.25 bits per heavy atom. The molecule has 0 aliphatic carbocycles. The molecule has 0 saturated carbocycles. The molecule has 102 valence electrons. The van der Waals surface area contributed by atoms with Crippen LogP contribution in [-0.4, -0.2) is 22.9 Å². The number of nitrogens with two attached hydrogens (primary N) is 1. The van der Waals surface area contributed by atoms with Crippen molar-refractivity contribution in [3.8, 4) is 0 Å². The summed E-state index contributed by atoms with van der Waals surface area (Å²) >= 11 is 0. The lowest BCUT2D eigenvalue weighted by Crippen LogP contribution is -2.22. The molecule has 1 aromatic carbocycles. The van der Waals surface area contributed by atoms with Crippen molar-refractivity contribution in [2.45, 2.75) is 13.0 Å². The van der Waals surface area contributed by atoms with Crippen LogP contribution in [0.4, 0.5) is 17.2 Å². The number of anilines is 3. The maximum Gasteiger partial charge on any atom is 0.237 e. The molecule has 0 atom stereocenters. The van der Waals surface area contributed by atoms with Crippen molar-refractivity contribution < 1.29 is 4.79 Å². The molecular formula is C14H15N5O. The van der Waals surface area contributed by atoms with E-state index in [0.717, 1.165) is 16.9 Å². The van der Waals surface area contributed by atoms with E-state index in [9.17, 15) is 4.79 Å². The molecule has 20 heavy (non-hydrogen) atoms. The van der Waals surface area contributed by atoms with Crippen molar-refractivity contribution in [1.82, 2.24) is 9.97 Å². The Morgan fingerprint density at radius 3 is 3.00 bits per heavy atom. The predicted molar refractivity (Wildman–Crippen MR) is 76.8 cm³/mol. The van der Waals surface area contributed by atoms with Crippen molar-refractivity contribution in [3.05, 3.63) is 41.9 Å². The van der Waals surface area contributed by atoms with Gasteiger partial charge >= 0.3 is 0 Å². The van der Waals surface area contributed by atoms with Gasteiger partial charge in [-0.2, -0.15) is 0 Å². The molecule has 1 amide bonds. The number of aromatic nitrogens is 2. The second-order valence-electron chi connectivity index (χ2n) is 4.53. The lowest BCUT2D eigenvalue weighted by atomic mass is 10.1. The number of nitrogens with one attached hydrogen (secondary N) is 1. The summed E-state index contributed by atoms with van der Waals surface area (Å²) in [5.41, 5.74) is 8.40. The zero-order valence-corrected chi connectivity index (χ0v) is 11.1. The van der Waals surface area contributed by atoms with Gasteiger partial charge in [0.15, 0.2) is 0 Å². The molecule has 0 radical (unpaired) electrons. The van der Waals surface area contributed by atoms with E-state index in [1.165, 1.54) is 0 Å². The van der Waals surface area contributed by atoms with Crippen LogP contribution in [0.2, 0.25) is 0 Å². The zero-order valence-electron chi connectivity index (χ0n) is 11.1. The SMILES string of the molecule is CNc1ccc2c(c1)CC(=O)N2c1ccnc(CN)n1. The number of rotatable bonds is 3. The number of carbonyl (C=O) groups excluding carboxylic acids is 1. The molecule has 1 aliphatic heterocycles. The summed E-state index contributed by atoms with van der Waals surface area (Å²) in [7, 11) is 1.86. The molecule has 1 aliphatic rings. The second kappa shape index (κ2) is 4.90. The molecule has 2 aromatic rings. The summed E-state index contributed by atoms with van der Waals surface area (Å²) in [5, 5.41) is 3.07. The fraction of sp³-hybridized carbons (Fsp3) is 0.214. The van der Waals surface area contributed by atoms with Crippen LogP contribution >= 0.6 is 0 Å². The van der Waals surface area contributed by atoms with Crippen molar-refractivity contribution in [3.63, 3.8) is 0 Å². The first-order chi connectivity index (χ1) is 9.72. The topological polar surface area (TPSA) is 84.1 Å². The summed E-state index contributed by atoms with van der Waals surface area (Å²) in [4.78, 5) is 22.2. The van der Waals surface area contributed by atoms with Crippen LogP contribution in [0, 0.1) is 0 Å². The van der Waals surface area contributed by atoms with E-state index in [-0.39, 0.29) is 12.5 Å².